The Morgan fingerprint density at radius 2 is 1.74 bits per heavy atom. The molecule has 0 bridgehead atoms. The molecule has 0 fully saturated rings. The van der Waals surface area contributed by atoms with E-state index in [4.69, 9.17) is 0 Å². The van der Waals surface area contributed by atoms with Crippen LogP contribution in [-0.2, 0) is 0 Å². The number of benzene rings is 1. The van der Waals surface area contributed by atoms with E-state index in [1.807, 2.05) is 20.8 Å². The van der Waals surface area contributed by atoms with E-state index in [-0.39, 0.29) is 11.2 Å². The summed E-state index contributed by atoms with van der Waals surface area (Å²) >= 11 is 0. The third-order valence-electron chi connectivity index (χ3n) is 2.77. The van der Waals surface area contributed by atoms with E-state index in [2.05, 4.69) is 20.6 Å². The van der Waals surface area contributed by atoms with Gasteiger partial charge in [-0.1, -0.05) is 6.07 Å². The Morgan fingerprint density at radius 3 is 2.30 bits per heavy atom. The second-order valence-electron chi connectivity index (χ2n) is 6.11. The number of aromatic nitrogens is 2. The van der Waals surface area contributed by atoms with Gasteiger partial charge in [0, 0.05) is 11.6 Å². The zero-order valence-corrected chi connectivity index (χ0v) is 13.4. The number of para-hydroxylation sites is 1. The van der Waals surface area contributed by atoms with Crippen molar-refractivity contribution in [3.05, 3.63) is 47.4 Å². The van der Waals surface area contributed by atoms with Crippen LogP contribution in [0.2, 0.25) is 0 Å². The molecular formula is C16H18F2N4O. The van der Waals surface area contributed by atoms with Crippen molar-refractivity contribution in [2.45, 2.75) is 33.2 Å². The van der Waals surface area contributed by atoms with Crippen LogP contribution in [0.5, 0.6) is 0 Å². The Bertz CT molecular complexity index is 721. The number of halogens is 2. The minimum Gasteiger partial charge on any atom is -0.365 e. The third-order valence-corrected chi connectivity index (χ3v) is 2.77. The summed E-state index contributed by atoms with van der Waals surface area (Å²) < 4.78 is 27.2. The quantitative estimate of drug-likeness (QED) is 0.908. The first-order valence-electron chi connectivity index (χ1n) is 7.05. The van der Waals surface area contributed by atoms with Gasteiger partial charge in [-0.15, -0.1) is 0 Å². The highest BCUT2D eigenvalue weighted by Crippen LogP contribution is 2.19. The molecule has 7 heteroatoms. The number of hydrogen-bond acceptors (Lipinski definition) is 4. The Morgan fingerprint density at radius 1 is 1.13 bits per heavy atom. The number of nitrogens with one attached hydrogen (secondary N) is 2. The summed E-state index contributed by atoms with van der Waals surface area (Å²) in [7, 11) is 0. The Labute approximate surface area is 133 Å². The van der Waals surface area contributed by atoms with Gasteiger partial charge >= 0.3 is 0 Å². The smallest absolute Gasteiger partial charge is 0.274 e. The van der Waals surface area contributed by atoms with Crippen molar-refractivity contribution in [1.82, 2.24) is 9.97 Å². The lowest BCUT2D eigenvalue weighted by Crippen LogP contribution is -2.27. The molecule has 0 spiro atoms. The van der Waals surface area contributed by atoms with Gasteiger partial charge in [0.15, 0.2) is 0 Å². The van der Waals surface area contributed by atoms with Crippen molar-refractivity contribution >= 4 is 17.4 Å². The lowest BCUT2D eigenvalue weighted by molar-refractivity contribution is 0.102. The molecule has 23 heavy (non-hydrogen) atoms. The summed E-state index contributed by atoms with van der Waals surface area (Å²) in [5.41, 5.74) is -0.738. The highest BCUT2D eigenvalue weighted by Gasteiger charge is 2.17. The molecule has 0 saturated carbocycles. The van der Waals surface area contributed by atoms with Crippen molar-refractivity contribution < 1.29 is 13.6 Å². The molecule has 2 aromatic rings. The van der Waals surface area contributed by atoms with Crippen molar-refractivity contribution in [2.24, 2.45) is 0 Å². The lowest BCUT2D eigenvalue weighted by Gasteiger charge is -2.21. The number of anilines is 2. The SMILES string of the molecule is Cc1nc(NC(C)(C)C)cc(C(=O)Nc2c(F)cccc2F)n1. The second-order valence-corrected chi connectivity index (χ2v) is 6.11. The van der Waals surface area contributed by atoms with Gasteiger partial charge in [0.05, 0.1) is 0 Å². The van der Waals surface area contributed by atoms with Gasteiger partial charge in [0.25, 0.3) is 5.91 Å². The van der Waals surface area contributed by atoms with Crippen LogP contribution in [0.4, 0.5) is 20.3 Å². The first kappa shape index (κ1) is 16.8. The normalized spacial score (nSPS) is 11.2. The maximum absolute atomic E-state index is 13.6. The summed E-state index contributed by atoms with van der Waals surface area (Å²) in [6.45, 7) is 7.46. The largest absolute Gasteiger partial charge is 0.365 e. The predicted molar refractivity (Wildman–Crippen MR) is 84.5 cm³/mol. The first-order valence-corrected chi connectivity index (χ1v) is 7.05. The van der Waals surface area contributed by atoms with Gasteiger partial charge in [0.2, 0.25) is 0 Å². The van der Waals surface area contributed by atoms with E-state index < -0.39 is 23.2 Å². The van der Waals surface area contributed by atoms with E-state index >= 15 is 0 Å². The average Bonchev–Trinajstić information content (AvgIpc) is 2.40. The maximum atomic E-state index is 13.6. The Hall–Kier alpha value is -2.57. The lowest BCUT2D eigenvalue weighted by atomic mass is 10.1. The van der Waals surface area contributed by atoms with Crippen LogP contribution in [-0.4, -0.2) is 21.4 Å². The van der Waals surface area contributed by atoms with Gasteiger partial charge in [-0.25, -0.2) is 18.7 Å². The topological polar surface area (TPSA) is 66.9 Å². The minimum absolute atomic E-state index is 0.0203. The molecule has 122 valence electrons. The summed E-state index contributed by atoms with van der Waals surface area (Å²) in [6.07, 6.45) is 0. The van der Waals surface area contributed by atoms with Crippen LogP contribution in [0.25, 0.3) is 0 Å². The highest BCUT2D eigenvalue weighted by atomic mass is 19.1. The molecule has 0 atom stereocenters. The maximum Gasteiger partial charge on any atom is 0.274 e. The molecule has 2 rings (SSSR count). The molecule has 0 radical (unpaired) electrons. The second kappa shape index (κ2) is 6.28. The number of rotatable bonds is 3. The molecule has 1 aromatic carbocycles. The number of aryl methyl sites for hydroxylation is 1. The van der Waals surface area contributed by atoms with E-state index in [9.17, 15) is 13.6 Å². The minimum atomic E-state index is -0.850. The molecule has 0 aliphatic carbocycles. The summed E-state index contributed by atoms with van der Waals surface area (Å²) in [4.78, 5) is 20.4. The van der Waals surface area contributed by atoms with Crippen LogP contribution >= 0.6 is 0 Å². The number of nitrogens with zero attached hydrogens (tertiary/aromatic N) is 2. The predicted octanol–water partition coefficient (Wildman–Crippen LogP) is 3.53. The zero-order chi connectivity index (χ0) is 17.2. The van der Waals surface area contributed by atoms with Crippen LogP contribution in [0, 0.1) is 18.6 Å². The molecule has 1 aromatic heterocycles. The fraction of sp³-hybridized carbons (Fsp3) is 0.312. The molecule has 0 aliphatic rings. The summed E-state index contributed by atoms with van der Waals surface area (Å²) in [6, 6.07) is 4.79. The Kier molecular flexibility index (Phi) is 4.58. The number of amides is 1. The molecule has 1 amide bonds. The first-order chi connectivity index (χ1) is 10.7. The fourth-order valence-corrected chi connectivity index (χ4v) is 1.93. The van der Waals surface area contributed by atoms with Gasteiger partial charge < -0.3 is 10.6 Å². The van der Waals surface area contributed by atoms with Crippen molar-refractivity contribution in [2.75, 3.05) is 10.6 Å². The summed E-state index contributed by atoms with van der Waals surface area (Å²) in [5.74, 6) is -1.58. The van der Waals surface area contributed by atoms with Crippen molar-refractivity contribution in [3.8, 4) is 0 Å². The van der Waals surface area contributed by atoms with Gasteiger partial charge in [-0.3, -0.25) is 4.79 Å². The van der Waals surface area contributed by atoms with Crippen LogP contribution < -0.4 is 10.6 Å². The summed E-state index contributed by atoms with van der Waals surface area (Å²) in [5, 5.41) is 5.33. The molecule has 0 saturated heterocycles. The Balaban J connectivity index is 2.29. The van der Waals surface area contributed by atoms with E-state index in [0.717, 1.165) is 12.1 Å². The number of carbonyl (C=O) groups is 1. The van der Waals surface area contributed by atoms with E-state index in [1.54, 1.807) is 6.92 Å². The van der Waals surface area contributed by atoms with Gasteiger partial charge in [0.1, 0.15) is 34.7 Å². The van der Waals surface area contributed by atoms with Gasteiger partial charge in [-0.2, -0.15) is 0 Å². The van der Waals surface area contributed by atoms with Crippen LogP contribution in [0.1, 0.15) is 37.1 Å². The fourth-order valence-electron chi connectivity index (χ4n) is 1.93. The van der Waals surface area contributed by atoms with Crippen molar-refractivity contribution in [3.63, 3.8) is 0 Å². The number of hydrogen-bond donors (Lipinski definition) is 2. The molecule has 0 aliphatic heterocycles. The zero-order valence-electron chi connectivity index (χ0n) is 13.4. The van der Waals surface area contributed by atoms with Gasteiger partial charge in [-0.05, 0) is 39.8 Å². The molecule has 1 heterocycles. The highest BCUT2D eigenvalue weighted by molar-refractivity contribution is 6.03. The van der Waals surface area contributed by atoms with Crippen LogP contribution in [0.3, 0.4) is 0 Å². The van der Waals surface area contributed by atoms with Crippen molar-refractivity contribution in [1.29, 1.82) is 0 Å². The standard InChI is InChI=1S/C16H18F2N4O/c1-9-19-12(8-13(20-9)22-16(2,3)4)15(23)21-14-10(17)6-5-7-11(14)18/h5-8H,1-4H3,(H,21,23)(H,19,20,22). The number of carbonyl (C=O) groups excluding carboxylic acids is 1. The van der Waals surface area contributed by atoms with E-state index in [0.29, 0.717) is 11.6 Å². The monoisotopic (exact) mass is 320 g/mol. The third kappa shape index (κ3) is 4.45. The van der Waals surface area contributed by atoms with E-state index in [1.165, 1.54) is 12.1 Å². The average molecular weight is 320 g/mol. The molecule has 5 nitrogen and oxygen atoms in total. The van der Waals surface area contributed by atoms with Crippen LogP contribution in [0.15, 0.2) is 24.3 Å². The molecule has 0 unspecified atom stereocenters. The molecule has 2 N–H and O–H groups in total. The molecular weight excluding hydrogens is 302 g/mol.